The molecule has 0 amide bonds. The van der Waals surface area contributed by atoms with E-state index in [1.54, 1.807) is 0 Å². The third-order valence-electron chi connectivity index (χ3n) is 5.62. The molecular weight excluding hydrogens is 312 g/mol. The van der Waals surface area contributed by atoms with Gasteiger partial charge in [-0.25, -0.2) is 0 Å². The van der Waals surface area contributed by atoms with Gasteiger partial charge < -0.3 is 0 Å². The van der Waals surface area contributed by atoms with Crippen LogP contribution >= 0.6 is 0 Å². The van der Waals surface area contributed by atoms with Crippen LogP contribution < -0.4 is 0 Å². The molecule has 0 heteroatoms. The van der Waals surface area contributed by atoms with Gasteiger partial charge in [0.15, 0.2) is 0 Å². The first-order chi connectivity index (χ1) is 12.3. The SMILES string of the molecule is Cc1ccc(C)c(Cc2cc(C)cc(Cc3ccc(C)c(C)c3)c2C)c1. The summed E-state index contributed by atoms with van der Waals surface area (Å²) >= 11 is 0. The minimum absolute atomic E-state index is 1.01. The molecule has 3 aromatic rings. The monoisotopic (exact) mass is 342 g/mol. The average Bonchev–Trinajstić information content (AvgIpc) is 2.58. The fourth-order valence-electron chi connectivity index (χ4n) is 3.71. The van der Waals surface area contributed by atoms with E-state index in [0.29, 0.717) is 0 Å². The zero-order chi connectivity index (χ0) is 18.8. The van der Waals surface area contributed by atoms with Gasteiger partial charge in [-0.1, -0.05) is 59.7 Å². The molecule has 0 aromatic heterocycles. The number of aryl methyl sites for hydroxylation is 5. The highest BCUT2D eigenvalue weighted by Crippen LogP contribution is 2.24. The van der Waals surface area contributed by atoms with Gasteiger partial charge in [0.25, 0.3) is 0 Å². The van der Waals surface area contributed by atoms with Crippen molar-refractivity contribution in [1.82, 2.24) is 0 Å². The average molecular weight is 343 g/mol. The highest BCUT2D eigenvalue weighted by Gasteiger charge is 2.10. The zero-order valence-electron chi connectivity index (χ0n) is 17.0. The van der Waals surface area contributed by atoms with Crippen LogP contribution in [-0.4, -0.2) is 0 Å². The lowest BCUT2D eigenvalue weighted by atomic mass is 9.89. The van der Waals surface area contributed by atoms with Crippen molar-refractivity contribution in [3.63, 3.8) is 0 Å². The summed E-state index contributed by atoms with van der Waals surface area (Å²) in [5.41, 5.74) is 14.0. The van der Waals surface area contributed by atoms with Crippen LogP contribution in [0.25, 0.3) is 0 Å². The summed E-state index contributed by atoms with van der Waals surface area (Å²) in [4.78, 5) is 0. The summed E-state index contributed by atoms with van der Waals surface area (Å²) < 4.78 is 0. The predicted octanol–water partition coefficient (Wildman–Crippen LogP) is 6.72. The van der Waals surface area contributed by atoms with E-state index in [4.69, 9.17) is 0 Å². The maximum atomic E-state index is 2.36. The largest absolute Gasteiger partial charge is 0.0590 e. The predicted molar refractivity (Wildman–Crippen MR) is 113 cm³/mol. The van der Waals surface area contributed by atoms with Crippen LogP contribution in [0.5, 0.6) is 0 Å². The third kappa shape index (κ3) is 4.07. The molecule has 0 N–H and O–H groups in total. The van der Waals surface area contributed by atoms with Crippen LogP contribution in [0.2, 0.25) is 0 Å². The first-order valence-electron chi connectivity index (χ1n) is 9.54. The summed E-state index contributed by atoms with van der Waals surface area (Å²) in [6, 6.07) is 18.3. The van der Waals surface area contributed by atoms with Crippen molar-refractivity contribution in [2.45, 2.75) is 54.4 Å². The zero-order valence-corrected chi connectivity index (χ0v) is 17.0. The smallest absolute Gasteiger partial charge is 0.00202 e. The normalized spacial score (nSPS) is 11.0. The van der Waals surface area contributed by atoms with Gasteiger partial charge in [0.1, 0.15) is 0 Å². The molecule has 0 heterocycles. The Morgan fingerprint density at radius 3 is 1.81 bits per heavy atom. The molecule has 0 fully saturated rings. The van der Waals surface area contributed by atoms with Gasteiger partial charge in [0.2, 0.25) is 0 Å². The Morgan fingerprint density at radius 2 is 1.12 bits per heavy atom. The molecule has 0 radical (unpaired) electrons. The van der Waals surface area contributed by atoms with Gasteiger partial charge in [-0.05, 0) is 98.9 Å². The Morgan fingerprint density at radius 1 is 0.500 bits per heavy atom. The molecule has 0 aliphatic heterocycles. The summed E-state index contributed by atoms with van der Waals surface area (Å²) in [6.45, 7) is 13.3. The van der Waals surface area contributed by atoms with E-state index >= 15 is 0 Å². The van der Waals surface area contributed by atoms with Crippen LogP contribution in [0.4, 0.5) is 0 Å². The fraction of sp³-hybridized carbons (Fsp3) is 0.308. The molecule has 26 heavy (non-hydrogen) atoms. The molecule has 0 bridgehead atoms. The minimum Gasteiger partial charge on any atom is -0.0590 e. The van der Waals surface area contributed by atoms with Gasteiger partial charge in [0.05, 0.1) is 0 Å². The van der Waals surface area contributed by atoms with Gasteiger partial charge in [-0.3, -0.25) is 0 Å². The van der Waals surface area contributed by atoms with E-state index in [-0.39, 0.29) is 0 Å². The van der Waals surface area contributed by atoms with Crippen LogP contribution in [0.15, 0.2) is 48.5 Å². The van der Waals surface area contributed by atoms with Crippen LogP contribution in [-0.2, 0) is 12.8 Å². The van der Waals surface area contributed by atoms with Crippen molar-refractivity contribution in [3.8, 4) is 0 Å². The lowest BCUT2D eigenvalue weighted by Gasteiger charge is -2.16. The van der Waals surface area contributed by atoms with E-state index in [9.17, 15) is 0 Å². The molecule has 0 aliphatic rings. The number of hydrogen-bond donors (Lipinski definition) is 0. The Balaban J connectivity index is 1.95. The van der Waals surface area contributed by atoms with Gasteiger partial charge >= 0.3 is 0 Å². The second-order valence-electron chi connectivity index (χ2n) is 7.91. The van der Waals surface area contributed by atoms with Crippen LogP contribution in [0.3, 0.4) is 0 Å². The molecule has 0 aliphatic carbocycles. The Kier molecular flexibility index (Phi) is 5.32. The lowest BCUT2D eigenvalue weighted by Crippen LogP contribution is -2.01. The van der Waals surface area contributed by atoms with Crippen molar-refractivity contribution in [1.29, 1.82) is 0 Å². The molecule has 0 saturated carbocycles. The second kappa shape index (κ2) is 7.50. The summed E-state index contributed by atoms with van der Waals surface area (Å²) in [5, 5.41) is 0. The lowest BCUT2D eigenvalue weighted by molar-refractivity contribution is 1.06. The maximum absolute atomic E-state index is 2.36. The Hall–Kier alpha value is -2.34. The van der Waals surface area contributed by atoms with E-state index in [1.165, 1.54) is 55.6 Å². The Labute approximate surface area is 158 Å². The summed E-state index contributed by atoms with van der Waals surface area (Å²) in [5.74, 6) is 0. The number of benzene rings is 3. The highest BCUT2D eigenvalue weighted by atomic mass is 14.1. The summed E-state index contributed by atoms with van der Waals surface area (Å²) in [7, 11) is 0. The van der Waals surface area contributed by atoms with Gasteiger partial charge in [-0.2, -0.15) is 0 Å². The van der Waals surface area contributed by atoms with Crippen LogP contribution in [0, 0.1) is 41.5 Å². The summed E-state index contributed by atoms with van der Waals surface area (Å²) in [6.07, 6.45) is 2.02. The molecule has 0 saturated heterocycles. The molecule has 3 aromatic carbocycles. The molecule has 0 unspecified atom stereocenters. The van der Waals surface area contributed by atoms with Crippen molar-refractivity contribution in [3.05, 3.63) is 104 Å². The van der Waals surface area contributed by atoms with Gasteiger partial charge in [0, 0.05) is 0 Å². The van der Waals surface area contributed by atoms with Gasteiger partial charge in [-0.15, -0.1) is 0 Å². The van der Waals surface area contributed by atoms with Crippen molar-refractivity contribution in [2.24, 2.45) is 0 Å². The molecule has 0 nitrogen and oxygen atoms in total. The highest BCUT2D eigenvalue weighted by molar-refractivity contribution is 5.45. The maximum Gasteiger partial charge on any atom is -0.00202 e. The number of rotatable bonds is 4. The van der Waals surface area contributed by atoms with E-state index in [0.717, 1.165) is 12.8 Å². The third-order valence-corrected chi connectivity index (χ3v) is 5.62. The molecule has 134 valence electrons. The fourth-order valence-corrected chi connectivity index (χ4v) is 3.71. The first kappa shape index (κ1) is 18.5. The quantitative estimate of drug-likeness (QED) is 0.494. The second-order valence-corrected chi connectivity index (χ2v) is 7.91. The van der Waals surface area contributed by atoms with Crippen molar-refractivity contribution >= 4 is 0 Å². The minimum atomic E-state index is 1.01. The number of hydrogen-bond acceptors (Lipinski definition) is 0. The topological polar surface area (TPSA) is 0 Å². The van der Waals surface area contributed by atoms with Crippen molar-refractivity contribution < 1.29 is 0 Å². The molecule has 0 spiro atoms. The van der Waals surface area contributed by atoms with E-state index in [1.807, 2.05) is 0 Å². The van der Waals surface area contributed by atoms with Crippen molar-refractivity contribution in [2.75, 3.05) is 0 Å². The van der Waals surface area contributed by atoms with E-state index in [2.05, 4.69) is 90.1 Å². The molecule has 3 rings (SSSR count). The molecule has 0 atom stereocenters. The standard InChI is InChI=1S/C26H30/c1-17-7-8-20(4)24(11-17)16-26-13-18(2)12-25(22(26)6)15-23-10-9-19(3)21(5)14-23/h7-14H,15-16H2,1-6H3. The Bertz CT molecular complexity index is 944. The first-order valence-corrected chi connectivity index (χ1v) is 9.54. The van der Waals surface area contributed by atoms with E-state index < -0.39 is 0 Å². The molecular formula is C26H30. The van der Waals surface area contributed by atoms with Crippen LogP contribution in [0.1, 0.15) is 55.6 Å².